The van der Waals surface area contributed by atoms with Crippen molar-refractivity contribution in [2.24, 2.45) is 30.7 Å². The molecular weight excluding hydrogens is 1200 g/mol. The average molecular weight is 1240 g/mol. The van der Waals surface area contributed by atoms with E-state index in [1.807, 2.05) is 0 Å². The Morgan fingerprint density at radius 1 is 0.667 bits per heavy atom. The average Bonchev–Trinajstić information content (AvgIpc) is 3.49. The number of benzene rings is 7. The number of rotatable bonds is 24. The monoisotopic (exact) mass is 1240 g/mol. The standard InChI is InChI=1S/C42H33N11O22S6/c43-37-36-22(19-33(76-74-72-59)39(37)50-47-30-14-13-29(21-34(30)80(65,66)67)78(61,62)18-17-71-77-75-73-60)20-35(81(68,69)70)40(42(36)56)51-46-25-7-11-28(12-8-25)79(63,64)52-26-3-1-23(2-4-26)44-48-31-15-16-32(54)38(41(31)55)49-45-24-5-9-27(10-6-24)53(57)58/h1-16,19-21,44-45,52,56,59-60H,17-18,43H2,(H,65,66,67)(H,68,69,70). The SMILES string of the molecule is Nc1c(N=Nc2ccc(S(=O)(=O)CCOSOOO)cc2S(=O)(=O)O)c(SOOO)cc2cc(S(=O)(=O)O)c(N=Nc3ccc(S(=O)(=O)Nc4ccc(NN=c5ccc(=O)c(=NNc6ccc([N+](=O)[O-])cc6)c5=O)cc4)cc3)c(O)c12. The van der Waals surface area contributed by atoms with Gasteiger partial charge in [-0.15, -0.1) is 24.0 Å². The third kappa shape index (κ3) is 15.0. The summed E-state index contributed by atoms with van der Waals surface area (Å²) in [6, 6.07) is 21.2. The number of phenolic OH excluding ortho intramolecular Hbond substituents is 1. The van der Waals surface area contributed by atoms with Gasteiger partial charge in [0.05, 0.1) is 72.1 Å². The predicted octanol–water partition coefficient (Wildman–Crippen LogP) is 5.82. The Labute approximate surface area is 461 Å². The molecule has 33 nitrogen and oxygen atoms in total. The van der Waals surface area contributed by atoms with E-state index >= 15 is 0 Å². The predicted molar refractivity (Wildman–Crippen MR) is 282 cm³/mol. The van der Waals surface area contributed by atoms with Crippen LogP contribution in [0, 0.1) is 10.1 Å². The molecule has 0 aliphatic carbocycles. The van der Waals surface area contributed by atoms with E-state index in [2.05, 4.69) is 65.0 Å². The summed E-state index contributed by atoms with van der Waals surface area (Å²) in [6.07, 6.45) is 0. The summed E-state index contributed by atoms with van der Waals surface area (Å²) in [4.78, 5) is 32.3. The third-order valence-electron chi connectivity index (χ3n) is 10.4. The molecule has 0 aliphatic rings. The number of nitro groups is 1. The van der Waals surface area contributed by atoms with Crippen LogP contribution in [0.3, 0.4) is 0 Å². The van der Waals surface area contributed by atoms with Gasteiger partial charge in [-0.25, -0.2) is 27.4 Å². The van der Waals surface area contributed by atoms with E-state index in [9.17, 15) is 67.6 Å². The molecule has 7 aromatic rings. The van der Waals surface area contributed by atoms with E-state index in [1.54, 1.807) is 0 Å². The van der Waals surface area contributed by atoms with Crippen LogP contribution in [0.5, 0.6) is 5.75 Å². The number of hydrogen-bond donors (Lipinski definition) is 9. The van der Waals surface area contributed by atoms with E-state index in [-0.39, 0.29) is 73.3 Å². The molecule has 0 saturated heterocycles. The number of nitrogens with zero attached hydrogens (tertiary/aromatic N) is 7. The Morgan fingerprint density at radius 3 is 1.90 bits per heavy atom. The van der Waals surface area contributed by atoms with Gasteiger partial charge in [-0.1, -0.05) is 10.1 Å². The van der Waals surface area contributed by atoms with Crippen LogP contribution in [0.1, 0.15) is 0 Å². The number of azo groups is 2. The molecular formula is C42H33N11O22S6. The molecule has 424 valence electrons. The zero-order valence-electron chi connectivity index (χ0n) is 39.7. The topological polar surface area (TPSA) is 497 Å². The van der Waals surface area contributed by atoms with Crippen LogP contribution in [0.4, 0.5) is 51.2 Å². The van der Waals surface area contributed by atoms with E-state index < -0.39 is 122 Å². The van der Waals surface area contributed by atoms with Gasteiger partial charge >= 0.3 is 0 Å². The number of sulfonamides is 1. The minimum Gasteiger partial charge on any atom is -0.505 e. The van der Waals surface area contributed by atoms with Gasteiger partial charge in [0.15, 0.2) is 33.3 Å². The molecule has 0 fully saturated rings. The summed E-state index contributed by atoms with van der Waals surface area (Å²) in [5.74, 6) is -1.84. The Morgan fingerprint density at radius 2 is 1.27 bits per heavy atom. The summed E-state index contributed by atoms with van der Waals surface area (Å²) in [7, 11) is -19.2. The van der Waals surface area contributed by atoms with Gasteiger partial charge in [0.2, 0.25) is 10.9 Å². The highest BCUT2D eigenvalue weighted by Crippen LogP contribution is 2.49. The van der Waals surface area contributed by atoms with Crippen molar-refractivity contribution in [2.45, 2.75) is 24.5 Å². The smallest absolute Gasteiger partial charge is 0.296 e. The van der Waals surface area contributed by atoms with Crippen LogP contribution in [0.15, 0.2) is 180 Å². The molecule has 10 N–H and O–H groups in total. The van der Waals surface area contributed by atoms with Gasteiger partial charge in [-0.05, 0) is 109 Å². The molecule has 7 aromatic carbocycles. The highest BCUT2D eigenvalue weighted by molar-refractivity contribution is 7.94. The molecule has 0 unspecified atom stereocenters. The number of nitro benzene ring substituents is 1. The summed E-state index contributed by atoms with van der Waals surface area (Å²) < 4.78 is 139. The number of nitrogens with one attached hydrogen (secondary N) is 3. The number of anilines is 4. The minimum absolute atomic E-state index is 0.0589. The zero-order valence-corrected chi connectivity index (χ0v) is 44.6. The van der Waals surface area contributed by atoms with Crippen LogP contribution >= 0.6 is 24.4 Å². The Bertz CT molecular complexity index is 4350. The van der Waals surface area contributed by atoms with Crippen molar-refractivity contribution in [1.82, 2.24) is 0 Å². The highest BCUT2D eigenvalue weighted by Gasteiger charge is 2.27. The van der Waals surface area contributed by atoms with Crippen molar-refractivity contribution in [3.05, 3.63) is 157 Å². The lowest BCUT2D eigenvalue weighted by Gasteiger charge is -2.14. The summed E-state index contributed by atoms with van der Waals surface area (Å²) in [6.45, 7) is -0.560. The van der Waals surface area contributed by atoms with Gasteiger partial charge < -0.3 is 10.8 Å². The number of aromatic hydroxyl groups is 1. The summed E-state index contributed by atoms with van der Waals surface area (Å²) in [5, 5.41) is 68.2. The molecule has 0 aromatic heterocycles. The van der Waals surface area contributed by atoms with Crippen molar-refractivity contribution >= 4 is 126 Å². The van der Waals surface area contributed by atoms with Crippen LogP contribution in [-0.2, 0) is 63.0 Å². The quantitative estimate of drug-likeness (QED) is 0.00503. The first-order valence-electron chi connectivity index (χ1n) is 21.4. The number of hydrogen-bond acceptors (Lipinski definition) is 31. The fourth-order valence-electron chi connectivity index (χ4n) is 6.70. The maximum atomic E-state index is 13.4. The highest BCUT2D eigenvalue weighted by atomic mass is 32.2. The van der Waals surface area contributed by atoms with Crippen molar-refractivity contribution in [3.63, 3.8) is 0 Å². The van der Waals surface area contributed by atoms with Crippen LogP contribution in [0.25, 0.3) is 10.8 Å². The molecule has 0 bridgehead atoms. The maximum absolute atomic E-state index is 13.4. The second kappa shape index (κ2) is 25.5. The molecule has 0 atom stereocenters. The largest absolute Gasteiger partial charge is 0.505 e. The second-order valence-corrected chi connectivity index (χ2v) is 23.4. The summed E-state index contributed by atoms with van der Waals surface area (Å²) in [5.41, 5.74) is 7.44. The Hall–Kier alpha value is -8.26. The molecule has 0 aliphatic heterocycles. The number of non-ortho nitro benzene ring substituents is 1. The van der Waals surface area contributed by atoms with Crippen molar-refractivity contribution < 1.29 is 86.2 Å². The molecule has 0 saturated carbocycles. The Kier molecular flexibility index (Phi) is 19.0. The third-order valence-corrected chi connectivity index (χ3v) is 16.2. The zero-order chi connectivity index (χ0) is 58.9. The van der Waals surface area contributed by atoms with Crippen LogP contribution < -0.4 is 42.9 Å². The molecule has 7 rings (SSSR count). The molecule has 39 heteroatoms. The number of nitrogen functional groups attached to an aromatic ring is 1. The summed E-state index contributed by atoms with van der Waals surface area (Å²) >= 11 is 0.234. The maximum Gasteiger partial charge on any atom is 0.296 e. The van der Waals surface area contributed by atoms with Crippen LogP contribution in [0.2, 0.25) is 0 Å². The van der Waals surface area contributed by atoms with Gasteiger partial charge in [-0.2, -0.15) is 32.2 Å². The minimum atomic E-state index is -5.27. The molecule has 0 spiro atoms. The molecule has 81 heavy (non-hydrogen) atoms. The number of nitrogens with two attached hydrogens (primary N) is 1. The second-order valence-electron chi connectivity index (χ2n) is 15.6. The Balaban J connectivity index is 1.11. The lowest BCUT2D eigenvalue weighted by Crippen LogP contribution is -2.47. The number of fused-ring (bicyclic) bond motifs is 1. The van der Waals surface area contributed by atoms with Crippen molar-refractivity contribution in [1.29, 1.82) is 0 Å². The molecule has 0 amide bonds. The molecule has 0 heterocycles. The van der Waals surface area contributed by atoms with E-state index in [4.69, 9.17) is 20.4 Å². The fraction of sp³-hybridized carbons (Fsp3) is 0.0476. The normalized spacial score (nSPS) is 12.9. The van der Waals surface area contributed by atoms with Crippen molar-refractivity contribution in [3.8, 4) is 5.75 Å². The lowest BCUT2D eigenvalue weighted by molar-refractivity contribution is -0.434. The first-order chi connectivity index (χ1) is 38.3. The van der Waals surface area contributed by atoms with Crippen LogP contribution in [-0.4, -0.2) is 75.7 Å². The van der Waals surface area contributed by atoms with E-state index in [1.165, 1.54) is 48.5 Å². The lowest BCUT2D eigenvalue weighted by atomic mass is 10.1. The fourth-order valence-corrected chi connectivity index (χ4v) is 11.1. The number of phenols is 1. The van der Waals surface area contributed by atoms with Crippen molar-refractivity contribution in [2.75, 3.05) is 33.7 Å². The van der Waals surface area contributed by atoms with E-state index in [0.29, 0.717) is 6.07 Å². The number of sulfone groups is 1. The van der Waals surface area contributed by atoms with Gasteiger partial charge in [0.25, 0.3) is 35.9 Å². The van der Waals surface area contributed by atoms with Gasteiger partial charge in [0, 0.05) is 17.8 Å². The molecule has 0 radical (unpaired) electrons. The van der Waals surface area contributed by atoms with Gasteiger partial charge in [0.1, 0.15) is 32.2 Å². The first-order valence-corrected chi connectivity index (χ1v) is 28.8. The first kappa shape index (κ1) is 60.4. The van der Waals surface area contributed by atoms with E-state index in [0.717, 1.165) is 60.7 Å². The van der Waals surface area contributed by atoms with Gasteiger partial charge in [-0.3, -0.25) is 48.6 Å².